The number of ether oxygens (including phenoxy) is 1. The van der Waals surface area contributed by atoms with Crippen LogP contribution in [0.4, 0.5) is 0 Å². The molecule has 0 aliphatic carbocycles. The quantitative estimate of drug-likeness (QED) is 0.431. The van der Waals surface area contributed by atoms with E-state index in [1.54, 1.807) is 0 Å². The van der Waals surface area contributed by atoms with Gasteiger partial charge in [0.25, 0.3) is 0 Å². The summed E-state index contributed by atoms with van der Waals surface area (Å²) in [7, 11) is 0. The van der Waals surface area contributed by atoms with E-state index in [2.05, 4.69) is 26.6 Å². The van der Waals surface area contributed by atoms with Crippen LogP contribution >= 0.6 is 13.6 Å². The van der Waals surface area contributed by atoms with Crippen LogP contribution in [-0.4, -0.2) is 6.61 Å². The number of unbranched alkanes of at least 4 members (excludes halogenated alkanes) is 3. The van der Waals surface area contributed by atoms with E-state index in [1.807, 2.05) is 24.3 Å². The van der Waals surface area contributed by atoms with Crippen LogP contribution in [0, 0.1) is 6.07 Å². The fraction of sp³-hybridized carbons (Fsp3) is 0.500. The van der Waals surface area contributed by atoms with E-state index in [1.165, 1.54) is 35.6 Å². The van der Waals surface area contributed by atoms with Gasteiger partial charge in [0.15, 0.2) is 0 Å². The van der Waals surface area contributed by atoms with Gasteiger partial charge in [-0.15, -0.1) is 12.1 Å². The summed E-state index contributed by atoms with van der Waals surface area (Å²) in [6, 6.07) is 10.6. The zero-order valence-corrected chi connectivity index (χ0v) is 13.9. The van der Waals surface area contributed by atoms with Crippen molar-refractivity contribution < 1.29 is 21.1 Å². The monoisotopic (exact) mass is 320 g/mol. The van der Waals surface area contributed by atoms with Gasteiger partial charge in [0.1, 0.15) is 0 Å². The SMILES string of the molecule is CCCCCCOc1cc[c-]cc1.[Zn+][Br]. The number of halogens is 1. The van der Waals surface area contributed by atoms with E-state index in [0.29, 0.717) is 0 Å². The van der Waals surface area contributed by atoms with E-state index in [4.69, 9.17) is 4.74 Å². The number of hydrogen-bond acceptors (Lipinski definition) is 1. The maximum atomic E-state index is 5.53. The van der Waals surface area contributed by atoms with Crippen molar-refractivity contribution in [2.45, 2.75) is 32.6 Å². The fourth-order valence-corrected chi connectivity index (χ4v) is 1.19. The van der Waals surface area contributed by atoms with Crippen LogP contribution < -0.4 is 4.74 Å². The molecular formula is C12H17BrOZn. The Bertz CT molecular complexity index is 216. The molecule has 0 atom stereocenters. The first kappa shape index (κ1) is 15.1. The van der Waals surface area contributed by atoms with E-state index in [9.17, 15) is 0 Å². The summed E-state index contributed by atoms with van der Waals surface area (Å²) in [6.07, 6.45) is 5.02. The van der Waals surface area contributed by atoms with Crippen molar-refractivity contribution in [2.24, 2.45) is 0 Å². The second kappa shape index (κ2) is 12.2. The predicted molar refractivity (Wildman–Crippen MR) is 63.8 cm³/mol. The van der Waals surface area contributed by atoms with Gasteiger partial charge in [0.05, 0.1) is 6.61 Å². The van der Waals surface area contributed by atoms with Crippen molar-refractivity contribution in [3.63, 3.8) is 0 Å². The van der Waals surface area contributed by atoms with Gasteiger partial charge in [-0.05, 0) is 6.42 Å². The summed E-state index contributed by atoms with van der Waals surface area (Å²) in [5, 5.41) is 0. The molecule has 15 heavy (non-hydrogen) atoms. The molecule has 0 unspecified atom stereocenters. The van der Waals surface area contributed by atoms with Crippen molar-refractivity contribution in [1.29, 1.82) is 0 Å². The van der Waals surface area contributed by atoms with Gasteiger partial charge in [-0.2, -0.15) is 18.2 Å². The molecule has 1 aromatic rings. The van der Waals surface area contributed by atoms with Gasteiger partial charge < -0.3 is 4.74 Å². The Hall–Kier alpha value is 0.123. The minimum atomic E-state index is 0.837. The molecule has 0 aliphatic rings. The van der Waals surface area contributed by atoms with Crippen LogP contribution in [0.1, 0.15) is 32.6 Å². The summed E-state index contributed by atoms with van der Waals surface area (Å²) in [4.78, 5) is 0. The Morgan fingerprint density at radius 1 is 1.20 bits per heavy atom. The van der Waals surface area contributed by atoms with E-state index < -0.39 is 0 Å². The molecule has 0 aromatic heterocycles. The van der Waals surface area contributed by atoms with Crippen LogP contribution in [0.15, 0.2) is 24.3 Å². The summed E-state index contributed by atoms with van der Waals surface area (Å²) < 4.78 is 5.53. The van der Waals surface area contributed by atoms with Crippen LogP contribution in [0.3, 0.4) is 0 Å². The molecule has 0 heterocycles. The molecular weight excluding hydrogens is 305 g/mol. The number of benzene rings is 1. The third kappa shape index (κ3) is 9.08. The average molecular weight is 323 g/mol. The van der Waals surface area contributed by atoms with Gasteiger partial charge in [-0.1, -0.05) is 26.2 Å². The molecule has 0 N–H and O–H groups in total. The second-order valence-electron chi connectivity index (χ2n) is 3.14. The molecule has 3 heteroatoms. The van der Waals surface area contributed by atoms with Gasteiger partial charge in [0.2, 0.25) is 0 Å². The summed E-state index contributed by atoms with van der Waals surface area (Å²) in [5.41, 5.74) is 0. The average Bonchev–Trinajstić information content (AvgIpc) is 2.33. The molecule has 0 radical (unpaired) electrons. The molecule has 0 saturated heterocycles. The van der Waals surface area contributed by atoms with Crippen LogP contribution in [0.25, 0.3) is 0 Å². The topological polar surface area (TPSA) is 9.23 Å². The normalized spacial score (nSPS) is 9.07. The molecule has 1 rings (SSSR count). The molecule has 0 aliphatic heterocycles. The number of hydrogen-bond donors (Lipinski definition) is 0. The Labute approximate surface area is 110 Å². The molecule has 80 valence electrons. The Morgan fingerprint density at radius 2 is 1.87 bits per heavy atom. The van der Waals surface area contributed by atoms with Gasteiger partial charge in [-0.3, -0.25) is 0 Å². The molecule has 0 fully saturated rings. The third-order valence-electron chi connectivity index (χ3n) is 1.95. The second-order valence-corrected chi connectivity index (χ2v) is 3.14. The molecule has 1 nitrogen and oxygen atoms in total. The summed E-state index contributed by atoms with van der Waals surface area (Å²) in [5.74, 6) is 0.954. The van der Waals surface area contributed by atoms with Crippen molar-refractivity contribution in [3.8, 4) is 5.75 Å². The maximum absolute atomic E-state index is 5.53. The molecule has 0 amide bonds. The van der Waals surface area contributed by atoms with Crippen molar-refractivity contribution in [3.05, 3.63) is 30.3 Å². The molecule has 1 aromatic carbocycles. The molecule has 0 spiro atoms. The fourth-order valence-electron chi connectivity index (χ4n) is 1.19. The van der Waals surface area contributed by atoms with Gasteiger partial charge >= 0.3 is 30.0 Å². The Kier molecular flexibility index (Phi) is 12.3. The third-order valence-corrected chi connectivity index (χ3v) is 1.95. The van der Waals surface area contributed by atoms with E-state index >= 15 is 0 Å². The minimum absolute atomic E-state index is 0.837. The van der Waals surface area contributed by atoms with Gasteiger partial charge in [-0.25, -0.2) is 0 Å². The van der Waals surface area contributed by atoms with Crippen molar-refractivity contribution >= 4 is 13.6 Å². The zero-order chi connectivity index (χ0) is 11.4. The molecule has 0 saturated carbocycles. The zero-order valence-electron chi connectivity index (χ0n) is 9.34. The van der Waals surface area contributed by atoms with Crippen molar-refractivity contribution in [2.75, 3.05) is 6.61 Å². The first-order valence-electron chi connectivity index (χ1n) is 5.29. The first-order chi connectivity index (χ1) is 7.43. The van der Waals surface area contributed by atoms with Crippen LogP contribution in [0.5, 0.6) is 5.75 Å². The van der Waals surface area contributed by atoms with Crippen LogP contribution in [-0.2, 0) is 16.3 Å². The van der Waals surface area contributed by atoms with Crippen molar-refractivity contribution in [1.82, 2.24) is 0 Å². The standard InChI is InChI=1S/C12H17O.BrH.Zn/c1-2-3-4-8-11-13-12-9-6-5-7-10-12;;/h6-7,9-10H,2-4,8,11H2,1H3;1H;/q-1;;+2/p-1. The van der Waals surface area contributed by atoms with E-state index in [0.717, 1.165) is 18.8 Å². The Balaban J connectivity index is 0.000000921. The summed E-state index contributed by atoms with van der Waals surface area (Å²) in [6.45, 7) is 3.05. The number of rotatable bonds is 6. The van der Waals surface area contributed by atoms with E-state index in [-0.39, 0.29) is 0 Å². The summed E-state index contributed by atoms with van der Waals surface area (Å²) >= 11 is 4.25. The van der Waals surface area contributed by atoms with Gasteiger partial charge in [0, 0.05) is 5.75 Å². The predicted octanol–water partition coefficient (Wildman–Crippen LogP) is 4.29. The molecule has 0 bridgehead atoms. The first-order valence-corrected chi connectivity index (χ1v) is 12.2. The Morgan fingerprint density at radius 3 is 2.47 bits per heavy atom. The van der Waals surface area contributed by atoms with Crippen LogP contribution in [0.2, 0.25) is 0 Å².